The Balaban J connectivity index is 2.10. The van der Waals surface area contributed by atoms with Crippen molar-refractivity contribution >= 4 is 28.3 Å². The first-order valence-electron chi connectivity index (χ1n) is 9.09. The number of fused-ring (bicyclic) bond motifs is 1. The van der Waals surface area contributed by atoms with Crippen LogP contribution in [0.1, 0.15) is 25.0 Å². The van der Waals surface area contributed by atoms with Gasteiger partial charge in [-0.2, -0.15) is 0 Å². The molecule has 0 unspecified atom stereocenters. The minimum absolute atomic E-state index is 0.0130. The van der Waals surface area contributed by atoms with Gasteiger partial charge in [-0.15, -0.1) is 0 Å². The quantitative estimate of drug-likeness (QED) is 0.689. The molecule has 0 atom stereocenters. The number of para-hydroxylation sites is 1. The lowest BCUT2D eigenvalue weighted by Gasteiger charge is -2.21. The van der Waals surface area contributed by atoms with Crippen LogP contribution in [0.5, 0.6) is 0 Å². The number of nitrogens with zero attached hydrogens (tertiary/aromatic N) is 3. The van der Waals surface area contributed by atoms with Crippen LogP contribution in [-0.2, 0) is 11.3 Å². The molecule has 0 aliphatic carbocycles. The highest BCUT2D eigenvalue weighted by Crippen LogP contribution is 2.21. The number of aromatic nitrogens is 2. The van der Waals surface area contributed by atoms with Crippen LogP contribution in [0.3, 0.4) is 0 Å². The van der Waals surface area contributed by atoms with Crippen molar-refractivity contribution in [3.05, 3.63) is 70.7 Å². The summed E-state index contributed by atoms with van der Waals surface area (Å²) in [4.78, 5) is 27.7. The summed E-state index contributed by atoms with van der Waals surface area (Å²) < 4.78 is 3.12. The van der Waals surface area contributed by atoms with Crippen molar-refractivity contribution in [1.29, 1.82) is 0 Å². The largest absolute Gasteiger partial charge is 0.333 e. The van der Waals surface area contributed by atoms with Crippen LogP contribution < -0.4 is 10.6 Å². The fourth-order valence-corrected chi connectivity index (χ4v) is 3.36. The molecule has 5 nitrogen and oxygen atoms in total. The normalized spacial score (nSPS) is 11.0. The number of benzene rings is 2. The minimum Gasteiger partial charge on any atom is -0.311 e. The Hall–Kier alpha value is -3.08. The third kappa shape index (κ3) is 3.33. The molecule has 1 aromatic heterocycles. The molecule has 5 heteroatoms. The average molecular weight is 363 g/mol. The molecule has 0 fully saturated rings. The van der Waals surface area contributed by atoms with Crippen LogP contribution in [0.4, 0.5) is 5.69 Å². The molecule has 0 N–H and O–H groups in total. The van der Waals surface area contributed by atoms with E-state index < -0.39 is 0 Å². The second kappa shape index (κ2) is 7.27. The van der Waals surface area contributed by atoms with Crippen LogP contribution in [0, 0.1) is 13.8 Å². The minimum atomic E-state index is -0.236. The van der Waals surface area contributed by atoms with Gasteiger partial charge < -0.3 is 4.90 Å². The zero-order chi connectivity index (χ0) is 19.7. The van der Waals surface area contributed by atoms with Gasteiger partial charge >= 0.3 is 5.69 Å². The first kappa shape index (κ1) is 18.7. The highest BCUT2D eigenvalue weighted by molar-refractivity contribution is 5.94. The molecule has 0 saturated heterocycles. The number of anilines is 1. The number of imidazole rings is 1. The molecule has 3 aromatic rings. The fourth-order valence-electron chi connectivity index (χ4n) is 3.36. The molecule has 2 aromatic carbocycles. The van der Waals surface area contributed by atoms with Crippen molar-refractivity contribution in [3.8, 4) is 0 Å². The lowest BCUT2D eigenvalue weighted by molar-refractivity contribution is -0.119. The van der Waals surface area contributed by atoms with E-state index in [1.54, 1.807) is 21.0 Å². The summed E-state index contributed by atoms with van der Waals surface area (Å²) in [6.45, 7) is 12.2. The van der Waals surface area contributed by atoms with Crippen LogP contribution in [0.25, 0.3) is 16.7 Å². The Bertz CT molecular complexity index is 1070. The second-order valence-electron chi connectivity index (χ2n) is 6.84. The Morgan fingerprint density at radius 3 is 2.22 bits per heavy atom. The summed E-state index contributed by atoms with van der Waals surface area (Å²) in [5, 5.41) is 0. The van der Waals surface area contributed by atoms with Crippen LogP contribution in [0.2, 0.25) is 0 Å². The highest BCUT2D eigenvalue weighted by Gasteiger charge is 2.20. The molecule has 0 bridgehead atoms. The van der Waals surface area contributed by atoms with Gasteiger partial charge in [0.15, 0.2) is 0 Å². The Morgan fingerprint density at radius 1 is 1.07 bits per heavy atom. The molecular formula is C22H25N3O2. The van der Waals surface area contributed by atoms with Crippen LogP contribution in [-0.4, -0.2) is 21.6 Å². The second-order valence-corrected chi connectivity index (χ2v) is 6.84. The Labute approximate surface area is 159 Å². The molecule has 0 radical (unpaired) electrons. The Morgan fingerprint density at radius 2 is 1.67 bits per heavy atom. The molecule has 1 heterocycles. The molecule has 27 heavy (non-hydrogen) atoms. The smallest absolute Gasteiger partial charge is 0.311 e. The van der Waals surface area contributed by atoms with Gasteiger partial charge in [-0.05, 0) is 63.1 Å². The summed E-state index contributed by atoms with van der Waals surface area (Å²) in [6, 6.07) is 13.5. The number of rotatable bonds is 5. The van der Waals surface area contributed by atoms with E-state index in [2.05, 4.69) is 6.58 Å². The number of likely N-dealkylation sites (N-methyl/N-ethyl adjacent to an activating group) is 1. The number of allylic oxidation sites excluding steroid dienone is 1. The van der Waals surface area contributed by atoms with Gasteiger partial charge in [0.1, 0.15) is 6.54 Å². The highest BCUT2D eigenvalue weighted by atomic mass is 16.2. The van der Waals surface area contributed by atoms with Gasteiger partial charge in [-0.1, -0.05) is 24.8 Å². The van der Waals surface area contributed by atoms with Gasteiger partial charge in [0, 0.05) is 17.9 Å². The predicted octanol–water partition coefficient (Wildman–Crippen LogP) is 3.96. The third-order valence-corrected chi connectivity index (χ3v) is 4.91. The van der Waals surface area contributed by atoms with Crippen molar-refractivity contribution in [2.24, 2.45) is 0 Å². The lowest BCUT2D eigenvalue weighted by Crippen LogP contribution is -2.36. The standard InChI is InChI=1S/C22H25N3O2/c1-6-23(18-10-8-7-9-11-18)21(26)14-24-19-12-16(4)17(5)13-20(19)25(15(2)3)22(24)27/h7-13H,2,6,14H2,1,3-5H3. The van der Waals surface area contributed by atoms with E-state index in [0.29, 0.717) is 12.2 Å². The van der Waals surface area contributed by atoms with E-state index >= 15 is 0 Å². The van der Waals surface area contributed by atoms with Gasteiger partial charge in [0.05, 0.1) is 11.0 Å². The molecule has 3 rings (SSSR count). The predicted molar refractivity (Wildman–Crippen MR) is 111 cm³/mol. The van der Waals surface area contributed by atoms with Crippen molar-refractivity contribution in [2.75, 3.05) is 11.4 Å². The number of aryl methyl sites for hydroxylation is 2. The van der Waals surface area contributed by atoms with Crippen LogP contribution in [0.15, 0.2) is 53.8 Å². The number of amides is 1. The zero-order valence-corrected chi connectivity index (χ0v) is 16.3. The van der Waals surface area contributed by atoms with E-state index in [1.807, 2.05) is 63.2 Å². The summed E-state index contributed by atoms with van der Waals surface area (Å²) in [7, 11) is 0. The topological polar surface area (TPSA) is 47.2 Å². The van der Waals surface area contributed by atoms with Gasteiger partial charge in [-0.25, -0.2) is 4.79 Å². The van der Waals surface area contributed by atoms with Crippen molar-refractivity contribution in [1.82, 2.24) is 9.13 Å². The molecule has 0 saturated carbocycles. The molecule has 1 amide bonds. The van der Waals surface area contributed by atoms with E-state index in [0.717, 1.165) is 27.8 Å². The fraction of sp³-hybridized carbons (Fsp3) is 0.273. The summed E-state index contributed by atoms with van der Waals surface area (Å²) in [6.07, 6.45) is 0. The zero-order valence-electron chi connectivity index (χ0n) is 16.3. The molecule has 0 aliphatic heterocycles. The van der Waals surface area contributed by atoms with Gasteiger partial charge in [0.2, 0.25) is 5.91 Å². The van der Waals surface area contributed by atoms with Crippen molar-refractivity contribution in [3.63, 3.8) is 0 Å². The number of hydrogen-bond acceptors (Lipinski definition) is 2. The van der Waals surface area contributed by atoms with E-state index in [4.69, 9.17) is 0 Å². The van der Waals surface area contributed by atoms with Crippen molar-refractivity contribution < 1.29 is 4.79 Å². The first-order chi connectivity index (χ1) is 12.8. The van der Waals surface area contributed by atoms with E-state index in [-0.39, 0.29) is 18.1 Å². The molecular weight excluding hydrogens is 338 g/mol. The molecule has 0 aliphatic rings. The maximum Gasteiger partial charge on any atom is 0.333 e. The average Bonchev–Trinajstić information content (AvgIpc) is 2.88. The lowest BCUT2D eigenvalue weighted by atomic mass is 10.1. The number of carbonyl (C=O) groups is 1. The van der Waals surface area contributed by atoms with Gasteiger partial charge in [-0.3, -0.25) is 13.9 Å². The maximum atomic E-state index is 13.0. The first-order valence-corrected chi connectivity index (χ1v) is 9.09. The summed E-state index contributed by atoms with van der Waals surface area (Å²) >= 11 is 0. The molecule has 140 valence electrons. The van der Waals surface area contributed by atoms with Crippen molar-refractivity contribution in [2.45, 2.75) is 34.2 Å². The van der Waals surface area contributed by atoms with E-state index in [9.17, 15) is 9.59 Å². The number of carbonyl (C=O) groups excluding carboxylic acids is 1. The SMILES string of the molecule is C=C(C)n1c(=O)n(CC(=O)N(CC)c2ccccc2)c2cc(C)c(C)cc21. The Kier molecular flexibility index (Phi) is 5.04. The monoisotopic (exact) mass is 363 g/mol. The summed E-state index contributed by atoms with van der Waals surface area (Å²) in [5.41, 5.74) is 4.94. The third-order valence-electron chi connectivity index (χ3n) is 4.91. The maximum absolute atomic E-state index is 13.0. The van der Waals surface area contributed by atoms with Gasteiger partial charge in [0.25, 0.3) is 0 Å². The molecule has 0 spiro atoms. The number of hydrogen-bond donors (Lipinski definition) is 0. The summed E-state index contributed by atoms with van der Waals surface area (Å²) in [5.74, 6) is -0.121. The van der Waals surface area contributed by atoms with E-state index in [1.165, 1.54) is 0 Å². The van der Waals surface area contributed by atoms with Crippen LogP contribution >= 0.6 is 0 Å².